The van der Waals surface area contributed by atoms with Gasteiger partial charge in [0.25, 0.3) is 0 Å². The number of hydrogen-bond donors (Lipinski definition) is 3. The summed E-state index contributed by atoms with van der Waals surface area (Å²) in [5.74, 6) is -2.42. The summed E-state index contributed by atoms with van der Waals surface area (Å²) in [6.07, 6.45) is 2.91. The van der Waals surface area contributed by atoms with Crippen molar-refractivity contribution in [3.05, 3.63) is 71.8 Å². The number of aliphatic carboxylic acids is 1. The van der Waals surface area contributed by atoms with E-state index in [9.17, 15) is 19.5 Å². The van der Waals surface area contributed by atoms with Gasteiger partial charge in [-0.1, -0.05) is 73.5 Å². The van der Waals surface area contributed by atoms with E-state index in [2.05, 4.69) is 10.6 Å². The zero-order chi connectivity index (χ0) is 23.9. The second-order valence-electron chi connectivity index (χ2n) is 8.05. The van der Waals surface area contributed by atoms with Gasteiger partial charge in [-0.15, -0.1) is 0 Å². The van der Waals surface area contributed by atoms with Crippen molar-refractivity contribution in [2.75, 3.05) is 13.7 Å². The van der Waals surface area contributed by atoms with Crippen LogP contribution < -0.4 is 10.6 Å². The van der Waals surface area contributed by atoms with Crippen molar-refractivity contribution in [3.8, 4) is 0 Å². The predicted octanol–water partition coefficient (Wildman–Crippen LogP) is 3.33. The van der Waals surface area contributed by atoms with E-state index in [1.54, 1.807) is 0 Å². The first kappa shape index (κ1) is 26.1. The minimum Gasteiger partial charge on any atom is -0.481 e. The van der Waals surface area contributed by atoms with Gasteiger partial charge in [-0.25, -0.2) is 0 Å². The monoisotopic (exact) mass is 454 g/mol. The highest BCUT2D eigenvalue weighted by atomic mass is 16.5. The van der Waals surface area contributed by atoms with Gasteiger partial charge in [-0.3, -0.25) is 14.4 Å². The van der Waals surface area contributed by atoms with Crippen molar-refractivity contribution in [2.24, 2.45) is 5.92 Å². The highest BCUT2D eigenvalue weighted by Crippen LogP contribution is 2.16. The van der Waals surface area contributed by atoms with Crippen molar-refractivity contribution in [1.29, 1.82) is 0 Å². The second kappa shape index (κ2) is 14.8. The van der Waals surface area contributed by atoms with Gasteiger partial charge in [0.2, 0.25) is 11.8 Å². The normalized spacial score (nSPS) is 12.5. The Hall–Kier alpha value is -3.19. The molecule has 178 valence electrons. The number of rotatable bonds is 15. The van der Waals surface area contributed by atoms with Crippen LogP contribution >= 0.6 is 0 Å². The molecule has 0 bridgehead atoms. The molecule has 0 radical (unpaired) electrons. The zero-order valence-electron chi connectivity index (χ0n) is 19.2. The maximum absolute atomic E-state index is 12.8. The molecular formula is C26H34N2O5. The Labute approximate surface area is 195 Å². The Balaban J connectivity index is 1.80. The predicted molar refractivity (Wildman–Crippen MR) is 126 cm³/mol. The van der Waals surface area contributed by atoms with Gasteiger partial charge in [0.05, 0.1) is 13.0 Å². The summed E-state index contributed by atoms with van der Waals surface area (Å²) >= 11 is 0. The number of carbonyl (C=O) groups is 3. The lowest BCUT2D eigenvalue weighted by Crippen LogP contribution is -2.49. The fraction of sp³-hybridized carbons (Fsp3) is 0.423. The molecule has 0 spiro atoms. The molecule has 2 aromatic rings. The third-order valence-electron chi connectivity index (χ3n) is 5.41. The van der Waals surface area contributed by atoms with Crippen molar-refractivity contribution in [2.45, 2.75) is 51.2 Å². The van der Waals surface area contributed by atoms with Crippen LogP contribution in [0.15, 0.2) is 60.7 Å². The van der Waals surface area contributed by atoms with Gasteiger partial charge in [0.1, 0.15) is 6.04 Å². The summed E-state index contributed by atoms with van der Waals surface area (Å²) in [4.78, 5) is 36.5. The van der Waals surface area contributed by atoms with Crippen molar-refractivity contribution in [1.82, 2.24) is 10.6 Å². The molecule has 0 fully saturated rings. The minimum absolute atomic E-state index is 0.262. The topological polar surface area (TPSA) is 105 Å². The van der Waals surface area contributed by atoms with Crippen LogP contribution in [-0.2, 0) is 32.1 Å². The van der Waals surface area contributed by atoms with Gasteiger partial charge >= 0.3 is 5.97 Å². The van der Waals surface area contributed by atoms with Gasteiger partial charge in [-0.2, -0.15) is 0 Å². The first-order valence-electron chi connectivity index (χ1n) is 11.4. The fourth-order valence-corrected chi connectivity index (χ4v) is 3.60. The van der Waals surface area contributed by atoms with Gasteiger partial charge in [0, 0.05) is 26.0 Å². The smallest absolute Gasteiger partial charge is 0.304 e. The highest BCUT2D eigenvalue weighted by Gasteiger charge is 2.26. The van der Waals surface area contributed by atoms with E-state index < -0.39 is 23.8 Å². The number of amides is 2. The van der Waals surface area contributed by atoms with Crippen LogP contribution in [0.5, 0.6) is 0 Å². The van der Waals surface area contributed by atoms with E-state index in [0.717, 1.165) is 24.0 Å². The summed E-state index contributed by atoms with van der Waals surface area (Å²) < 4.78 is 5.67. The molecule has 2 atom stereocenters. The molecule has 7 heteroatoms. The number of nitrogens with one attached hydrogen (secondary N) is 2. The maximum atomic E-state index is 12.8. The Morgan fingerprint density at radius 2 is 1.52 bits per heavy atom. The van der Waals surface area contributed by atoms with E-state index in [1.807, 2.05) is 60.7 Å². The van der Waals surface area contributed by atoms with Crippen LogP contribution in [0.4, 0.5) is 0 Å². The van der Waals surface area contributed by atoms with E-state index in [4.69, 9.17) is 4.74 Å². The Kier molecular flexibility index (Phi) is 11.7. The number of likely N-dealkylation sites (N-methyl/N-ethyl adjacent to an activating group) is 1. The summed E-state index contributed by atoms with van der Waals surface area (Å²) in [7, 11) is 1.51. The summed E-state index contributed by atoms with van der Waals surface area (Å²) in [5, 5.41) is 14.6. The van der Waals surface area contributed by atoms with E-state index in [0.29, 0.717) is 32.5 Å². The zero-order valence-corrected chi connectivity index (χ0v) is 19.2. The molecule has 3 N–H and O–H groups in total. The largest absolute Gasteiger partial charge is 0.481 e. The summed E-state index contributed by atoms with van der Waals surface area (Å²) in [5.41, 5.74) is 2.04. The molecule has 2 amide bonds. The summed E-state index contributed by atoms with van der Waals surface area (Å²) in [6.45, 7) is 1.17. The lowest BCUT2D eigenvalue weighted by atomic mass is 9.95. The first-order chi connectivity index (χ1) is 16.0. The van der Waals surface area contributed by atoms with Crippen LogP contribution in [0.2, 0.25) is 0 Å². The average Bonchev–Trinajstić information content (AvgIpc) is 2.82. The van der Waals surface area contributed by atoms with Crippen LogP contribution in [-0.4, -0.2) is 42.6 Å². The van der Waals surface area contributed by atoms with Gasteiger partial charge in [0.15, 0.2) is 0 Å². The third-order valence-corrected chi connectivity index (χ3v) is 5.41. The maximum Gasteiger partial charge on any atom is 0.304 e. The van der Waals surface area contributed by atoms with Gasteiger partial charge < -0.3 is 20.5 Å². The van der Waals surface area contributed by atoms with E-state index >= 15 is 0 Å². The van der Waals surface area contributed by atoms with Gasteiger partial charge in [-0.05, 0) is 24.0 Å². The Morgan fingerprint density at radius 1 is 0.879 bits per heavy atom. The molecule has 0 aliphatic heterocycles. The lowest BCUT2D eigenvalue weighted by Gasteiger charge is -2.21. The quantitative estimate of drug-likeness (QED) is 0.358. The van der Waals surface area contributed by atoms with Crippen LogP contribution in [0, 0.1) is 5.92 Å². The standard InChI is InChI=1S/C26H34N2O5/c1-27-26(32)23(17-20-11-5-2-6-12-20)28-25(31)22(18-24(29)30)15-9-4-10-16-33-19-21-13-7-3-8-14-21/h2-3,5-8,11-14,22-23H,4,9-10,15-19H2,1H3,(H,27,32)(H,28,31)(H,29,30)/t22-,23+/m1/s1. The molecule has 33 heavy (non-hydrogen) atoms. The molecule has 7 nitrogen and oxygen atoms in total. The summed E-state index contributed by atoms with van der Waals surface area (Å²) in [6, 6.07) is 18.6. The number of unbranched alkanes of at least 4 members (excludes halogenated alkanes) is 2. The van der Waals surface area contributed by atoms with E-state index in [1.165, 1.54) is 7.05 Å². The lowest BCUT2D eigenvalue weighted by molar-refractivity contribution is -0.141. The molecule has 0 unspecified atom stereocenters. The fourth-order valence-electron chi connectivity index (χ4n) is 3.60. The molecule has 0 saturated heterocycles. The number of hydrogen-bond acceptors (Lipinski definition) is 4. The second-order valence-corrected chi connectivity index (χ2v) is 8.05. The molecule has 0 saturated carbocycles. The molecular weight excluding hydrogens is 420 g/mol. The molecule has 2 aromatic carbocycles. The number of carboxylic acid groups (broad SMARTS) is 1. The Morgan fingerprint density at radius 3 is 2.12 bits per heavy atom. The highest BCUT2D eigenvalue weighted by molar-refractivity contribution is 5.89. The Bertz CT molecular complexity index is 858. The number of carboxylic acids is 1. The SMILES string of the molecule is CNC(=O)[C@H](Cc1ccccc1)NC(=O)[C@H](CCCCCOCc1ccccc1)CC(=O)O. The number of benzene rings is 2. The molecule has 0 aliphatic carbocycles. The third kappa shape index (κ3) is 10.3. The molecule has 0 aromatic heterocycles. The number of carbonyl (C=O) groups excluding carboxylic acids is 2. The molecule has 2 rings (SSSR count). The minimum atomic E-state index is -1.03. The van der Waals surface area contributed by atoms with Crippen molar-refractivity contribution >= 4 is 17.8 Å². The van der Waals surface area contributed by atoms with Crippen LogP contribution in [0.1, 0.15) is 43.2 Å². The molecule has 0 aliphatic rings. The molecule has 0 heterocycles. The van der Waals surface area contributed by atoms with Crippen molar-refractivity contribution in [3.63, 3.8) is 0 Å². The number of ether oxygens (including phenoxy) is 1. The van der Waals surface area contributed by atoms with Crippen LogP contribution in [0.25, 0.3) is 0 Å². The van der Waals surface area contributed by atoms with Crippen molar-refractivity contribution < 1.29 is 24.2 Å². The average molecular weight is 455 g/mol. The van der Waals surface area contributed by atoms with E-state index in [-0.39, 0.29) is 12.3 Å². The first-order valence-corrected chi connectivity index (χ1v) is 11.4. The van der Waals surface area contributed by atoms with Crippen LogP contribution in [0.3, 0.4) is 0 Å².